The predicted molar refractivity (Wildman–Crippen MR) is 161 cm³/mol. The van der Waals surface area contributed by atoms with Crippen molar-refractivity contribution in [3.8, 4) is 0 Å². The summed E-state index contributed by atoms with van der Waals surface area (Å²) in [7, 11) is 0. The Hall–Kier alpha value is -5.55. The molecule has 2 aromatic heterocycles. The lowest BCUT2D eigenvalue weighted by molar-refractivity contribution is 0.103. The fourth-order valence-corrected chi connectivity index (χ4v) is 4.62. The van der Waals surface area contributed by atoms with Crippen LogP contribution in [0.3, 0.4) is 0 Å². The van der Waals surface area contributed by atoms with E-state index in [1.807, 2.05) is 155 Å². The molecule has 6 aromatic rings. The van der Waals surface area contributed by atoms with Gasteiger partial charge in [-0.3, -0.25) is 14.6 Å². The van der Waals surface area contributed by atoms with Crippen LogP contribution in [0.15, 0.2) is 158 Å². The van der Waals surface area contributed by atoms with Crippen LogP contribution >= 0.6 is 0 Å². The van der Waals surface area contributed by atoms with Gasteiger partial charge in [-0.25, -0.2) is 9.97 Å². The van der Waals surface area contributed by atoms with E-state index in [0.717, 1.165) is 22.7 Å². The second-order valence-corrected chi connectivity index (χ2v) is 9.10. The largest absolute Gasteiger partial charge is 0.295 e. The van der Waals surface area contributed by atoms with Gasteiger partial charge in [0, 0.05) is 22.7 Å². The van der Waals surface area contributed by atoms with Crippen LogP contribution < -0.4 is 9.80 Å². The molecule has 4 aromatic carbocycles. The molecule has 0 aliphatic heterocycles. The lowest BCUT2D eigenvalue weighted by Crippen LogP contribution is -2.16. The average Bonchev–Trinajstić information content (AvgIpc) is 3.03. The summed E-state index contributed by atoms with van der Waals surface area (Å²) in [5.41, 5.74) is 4.45. The molecule has 0 saturated carbocycles. The zero-order chi connectivity index (χ0) is 27.1. The smallest absolute Gasteiger partial charge is 0.229 e. The quantitative estimate of drug-likeness (QED) is 0.189. The Labute approximate surface area is 233 Å². The molecule has 0 radical (unpaired) electrons. The number of nitrogens with zero attached hydrogens (tertiary/aromatic N) is 4. The lowest BCUT2D eigenvalue weighted by atomic mass is 10.1. The van der Waals surface area contributed by atoms with Gasteiger partial charge in [-0.2, -0.15) is 0 Å². The zero-order valence-electron chi connectivity index (χ0n) is 21.7. The number of ketones is 1. The van der Waals surface area contributed by atoms with Crippen LogP contribution in [0.5, 0.6) is 0 Å². The van der Waals surface area contributed by atoms with E-state index in [-0.39, 0.29) is 5.78 Å². The fourth-order valence-electron chi connectivity index (χ4n) is 4.62. The van der Waals surface area contributed by atoms with Gasteiger partial charge in [-0.1, -0.05) is 84.9 Å². The third-order valence-corrected chi connectivity index (χ3v) is 6.45. The highest BCUT2D eigenvalue weighted by Gasteiger charge is 2.20. The van der Waals surface area contributed by atoms with E-state index < -0.39 is 0 Å². The van der Waals surface area contributed by atoms with Crippen LogP contribution in [-0.2, 0) is 0 Å². The first kappa shape index (κ1) is 24.8. The molecule has 40 heavy (non-hydrogen) atoms. The molecule has 0 bridgehead atoms. The highest BCUT2D eigenvalue weighted by Crippen LogP contribution is 2.34. The van der Waals surface area contributed by atoms with E-state index >= 15 is 0 Å². The number of pyridine rings is 2. The second kappa shape index (κ2) is 11.5. The Morgan fingerprint density at radius 1 is 0.375 bits per heavy atom. The number of hydrogen-bond donors (Lipinski definition) is 0. The third kappa shape index (κ3) is 5.22. The van der Waals surface area contributed by atoms with Crippen molar-refractivity contribution in [1.82, 2.24) is 9.97 Å². The Balaban J connectivity index is 1.38. The summed E-state index contributed by atoms with van der Waals surface area (Å²) in [4.78, 5) is 27.5. The molecule has 0 atom stereocenters. The monoisotopic (exact) mass is 518 g/mol. The summed E-state index contributed by atoms with van der Waals surface area (Å²) < 4.78 is 0. The van der Waals surface area contributed by atoms with Crippen molar-refractivity contribution < 1.29 is 4.79 Å². The summed E-state index contributed by atoms with van der Waals surface area (Å²) in [6.07, 6.45) is 0. The maximum atomic E-state index is 13.8. The van der Waals surface area contributed by atoms with Crippen LogP contribution in [0.1, 0.15) is 16.2 Å². The van der Waals surface area contributed by atoms with Crippen LogP contribution in [-0.4, -0.2) is 15.8 Å². The van der Waals surface area contributed by atoms with Gasteiger partial charge < -0.3 is 0 Å². The molecule has 0 aliphatic carbocycles. The van der Waals surface area contributed by atoms with Crippen molar-refractivity contribution in [2.45, 2.75) is 0 Å². The summed E-state index contributed by atoms with van der Waals surface area (Å²) in [5.74, 6) is 1.05. The molecule has 0 saturated heterocycles. The second-order valence-electron chi connectivity index (χ2n) is 9.10. The zero-order valence-corrected chi connectivity index (χ0v) is 21.7. The number of anilines is 6. The topological polar surface area (TPSA) is 49.3 Å². The number of carbonyl (C=O) groups is 1. The molecular weight excluding hydrogens is 492 g/mol. The first-order valence-corrected chi connectivity index (χ1v) is 13.1. The van der Waals surface area contributed by atoms with Gasteiger partial charge in [0.1, 0.15) is 23.0 Å². The van der Waals surface area contributed by atoms with Crippen molar-refractivity contribution in [1.29, 1.82) is 0 Å². The molecular formula is C35H26N4O. The van der Waals surface area contributed by atoms with Crippen molar-refractivity contribution >= 4 is 40.2 Å². The summed E-state index contributed by atoms with van der Waals surface area (Å²) in [5, 5.41) is 0. The highest BCUT2D eigenvalue weighted by atomic mass is 16.1. The highest BCUT2D eigenvalue weighted by molar-refractivity contribution is 6.07. The van der Waals surface area contributed by atoms with Crippen molar-refractivity contribution in [2.75, 3.05) is 9.80 Å². The average molecular weight is 519 g/mol. The predicted octanol–water partition coefficient (Wildman–Crippen LogP) is 8.65. The summed E-state index contributed by atoms with van der Waals surface area (Å²) in [6.45, 7) is 0. The lowest BCUT2D eigenvalue weighted by Gasteiger charge is -2.25. The van der Waals surface area contributed by atoms with Crippen LogP contribution in [0.4, 0.5) is 34.4 Å². The van der Waals surface area contributed by atoms with Gasteiger partial charge in [0.2, 0.25) is 5.78 Å². The molecule has 0 N–H and O–H groups in total. The molecule has 5 heteroatoms. The van der Waals surface area contributed by atoms with Gasteiger partial charge in [0.15, 0.2) is 0 Å². The first-order chi connectivity index (χ1) is 19.8. The summed E-state index contributed by atoms with van der Waals surface area (Å²) in [6, 6.07) is 51.0. The number of carbonyl (C=O) groups excluding carboxylic acids is 1. The van der Waals surface area contributed by atoms with E-state index in [4.69, 9.17) is 9.97 Å². The molecule has 0 fully saturated rings. The van der Waals surface area contributed by atoms with Crippen LogP contribution in [0, 0.1) is 0 Å². The van der Waals surface area contributed by atoms with Crippen molar-refractivity contribution in [3.63, 3.8) is 0 Å². The molecule has 0 amide bonds. The maximum Gasteiger partial charge on any atom is 0.229 e. The minimum absolute atomic E-state index is 0.245. The minimum Gasteiger partial charge on any atom is -0.295 e. The van der Waals surface area contributed by atoms with E-state index in [1.54, 1.807) is 12.1 Å². The Kier molecular flexibility index (Phi) is 7.09. The van der Waals surface area contributed by atoms with Gasteiger partial charge in [-0.05, 0) is 72.8 Å². The summed E-state index contributed by atoms with van der Waals surface area (Å²) >= 11 is 0. The van der Waals surface area contributed by atoms with Gasteiger partial charge in [0.05, 0.1) is 0 Å². The Morgan fingerprint density at radius 2 is 0.675 bits per heavy atom. The van der Waals surface area contributed by atoms with Gasteiger partial charge in [0.25, 0.3) is 0 Å². The standard InChI is InChI=1S/C35H26N4O/c40-35(31-23-13-25-33(36-31)38(27-15-5-1-6-16-27)28-17-7-2-8-18-28)32-24-14-26-34(37-32)39(29-19-9-3-10-20-29)30-21-11-4-12-22-30/h1-26H. The Morgan fingerprint density at radius 3 is 0.975 bits per heavy atom. The number of rotatable bonds is 8. The molecule has 2 heterocycles. The number of para-hydroxylation sites is 4. The molecule has 0 spiro atoms. The maximum absolute atomic E-state index is 13.8. The van der Waals surface area contributed by atoms with Gasteiger partial charge >= 0.3 is 0 Å². The van der Waals surface area contributed by atoms with Crippen LogP contribution in [0.2, 0.25) is 0 Å². The molecule has 192 valence electrons. The van der Waals surface area contributed by atoms with Crippen LogP contribution in [0.25, 0.3) is 0 Å². The SMILES string of the molecule is O=C(c1cccc(N(c2ccccc2)c2ccccc2)n1)c1cccc(N(c2ccccc2)c2ccccc2)n1. The number of benzene rings is 4. The normalized spacial score (nSPS) is 10.6. The van der Waals surface area contributed by atoms with Crippen molar-refractivity contribution in [3.05, 3.63) is 169 Å². The molecule has 5 nitrogen and oxygen atoms in total. The molecule has 6 rings (SSSR count). The van der Waals surface area contributed by atoms with E-state index in [2.05, 4.69) is 0 Å². The first-order valence-electron chi connectivity index (χ1n) is 13.1. The van der Waals surface area contributed by atoms with Crippen molar-refractivity contribution in [2.24, 2.45) is 0 Å². The van der Waals surface area contributed by atoms with E-state index in [1.165, 1.54) is 0 Å². The van der Waals surface area contributed by atoms with Gasteiger partial charge in [-0.15, -0.1) is 0 Å². The molecule has 0 aliphatic rings. The Bertz CT molecular complexity index is 1500. The minimum atomic E-state index is -0.245. The fraction of sp³-hybridized carbons (Fsp3) is 0. The van der Waals surface area contributed by atoms with E-state index in [9.17, 15) is 4.79 Å². The molecule has 0 unspecified atom stereocenters. The number of hydrogen-bond acceptors (Lipinski definition) is 5. The number of aromatic nitrogens is 2. The van der Waals surface area contributed by atoms with E-state index in [0.29, 0.717) is 23.0 Å². The third-order valence-electron chi connectivity index (χ3n) is 6.45.